The third-order valence-electron chi connectivity index (χ3n) is 6.07. The van der Waals surface area contributed by atoms with Crippen LogP contribution in [-0.4, -0.2) is 28.6 Å². The maximum Gasteiger partial charge on any atom is 0.253 e. The molecule has 7 nitrogen and oxygen atoms in total. The highest BCUT2D eigenvalue weighted by atomic mass is 16.5. The molecule has 7 heteroatoms. The van der Waals surface area contributed by atoms with Crippen molar-refractivity contribution in [3.05, 3.63) is 74.3 Å². The number of carbonyl (C=O) groups excluding carboxylic acids is 1. The molecule has 2 aromatic heterocycles. The normalized spacial score (nSPS) is 13.9. The summed E-state index contributed by atoms with van der Waals surface area (Å²) in [7, 11) is 1.57. The predicted octanol–water partition coefficient (Wildman–Crippen LogP) is 4.01. The standard InChI is InChI=1S/C26H29N3O4/c1-14-9-15(2)29-25(31)21(14)13-28-24(30)18-10-19(17-7-8-22(32-6)27-12-17)23-20(16(18)3)11-26(4,5)33-23/h7-10,12H,11,13H2,1-6H3,(H,28,30)(H,29,31). The highest BCUT2D eigenvalue weighted by Gasteiger charge is 2.35. The van der Waals surface area contributed by atoms with Gasteiger partial charge < -0.3 is 19.8 Å². The van der Waals surface area contributed by atoms with Gasteiger partial charge in [0.25, 0.3) is 11.5 Å². The van der Waals surface area contributed by atoms with Crippen LogP contribution < -0.4 is 20.3 Å². The van der Waals surface area contributed by atoms with E-state index in [0.29, 0.717) is 23.4 Å². The molecule has 0 spiro atoms. The summed E-state index contributed by atoms with van der Waals surface area (Å²) in [6, 6.07) is 7.44. The number of aromatic nitrogens is 2. The van der Waals surface area contributed by atoms with E-state index in [1.165, 1.54) is 0 Å². The molecule has 1 amide bonds. The van der Waals surface area contributed by atoms with Gasteiger partial charge in [-0.25, -0.2) is 4.98 Å². The Bertz CT molecular complexity index is 1290. The predicted molar refractivity (Wildman–Crippen MR) is 127 cm³/mol. The van der Waals surface area contributed by atoms with Crippen LogP contribution in [0, 0.1) is 20.8 Å². The molecule has 0 bridgehead atoms. The van der Waals surface area contributed by atoms with Crippen molar-refractivity contribution in [3.63, 3.8) is 0 Å². The summed E-state index contributed by atoms with van der Waals surface area (Å²) in [5, 5.41) is 2.93. The second kappa shape index (κ2) is 8.39. The second-order valence-electron chi connectivity index (χ2n) is 9.16. The molecular weight excluding hydrogens is 418 g/mol. The fourth-order valence-electron chi connectivity index (χ4n) is 4.36. The lowest BCUT2D eigenvalue weighted by molar-refractivity contribution is 0.0950. The quantitative estimate of drug-likeness (QED) is 0.616. The molecule has 0 aliphatic carbocycles. The van der Waals surface area contributed by atoms with Crippen molar-refractivity contribution in [2.45, 2.75) is 53.2 Å². The minimum atomic E-state index is -0.372. The van der Waals surface area contributed by atoms with Crippen LogP contribution in [0.5, 0.6) is 11.6 Å². The van der Waals surface area contributed by atoms with Crippen molar-refractivity contribution >= 4 is 5.91 Å². The maximum atomic E-state index is 13.3. The summed E-state index contributed by atoms with van der Waals surface area (Å²) in [4.78, 5) is 32.7. The third-order valence-corrected chi connectivity index (χ3v) is 6.07. The summed E-state index contributed by atoms with van der Waals surface area (Å²) < 4.78 is 11.5. The minimum absolute atomic E-state index is 0.151. The number of H-pyrrole nitrogens is 1. The summed E-state index contributed by atoms with van der Waals surface area (Å²) in [5.41, 5.74) is 5.75. The minimum Gasteiger partial charge on any atom is -0.487 e. The van der Waals surface area contributed by atoms with Gasteiger partial charge in [-0.2, -0.15) is 0 Å². The largest absolute Gasteiger partial charge is 0.487 e. The fraction of sp³-hybridized carbons (Fsp3) is 0.346. The average molecular weight is 448 g/mol. The Kier molecular flexibility index (Phi) is 5.74. The van der Waals surface area contributed by atoms with Gasteiger partial charge in [-0.05, 0) is 63.9 Å². The van der Waals surface area contributed by atoms with Gasteiger partial charge in [-0.15, -0.1) is 0 Å². The molecule has 0 unspecified atom stereocenters. The second-order valence-corrected chi connectivity index (χ2v) is 9.16. The van der Waals surface area contributed by atoms with E-state index in [1.54, 1.807) is 19.4 Å². The van der Waals surface area contributed by atoms with E-state index in [1.807, 2.05) is 52.8 Å². The number of aryl methyl sites for hydroxylation is 2. The van der Waals surface area contributed by atoms with Gasteiger partial charge >= 0.3 is 0 Å². The number of nitrogens with zero attached hydrogens (tertiary/aromatic N) is 1. The van der Waals surface area contributed by atoms with E-state index in [0.717, 1.165) is 39.3 Å². The van der Waals surface area contributed by atoms with E-state index in [-0.39, 0.29) is 23.6 Å². The average Bonchev–Trinajstić information content (AvgIpc) is 3.09. The van der Waals surface area contributed by atoms with Crippen LogP contribution in [0.25, 0.3) is 11.1 Å². The number of methoxy groups -OCH3 is 1. The first kappa shape index (κ1) is 22.6. The molecule has 4 rings (SSSR count). The molecule has 1 aliphatic heterocycles. The number of ether oxygens (including phenoxy) is 2. The Balaban J connectivity index is 1.73. The summed E-state index contributed by atoms with van der Waals surface area (Å²) in [6.45, 7) is 9.88. The Hall–Kier alpha value is -3.61. The molecule has 0 atom stereocenters. The molecule has 1 aromatic carbocycles. The van der Waals surface area contributed by atoms with Crippen molar-refractivity contribution in [1.82, 2.24) is 15.3 Å². The molecule has 2 N–H and O–H groups in total. The SMILES string of the molecule is COc1ccc(-c2cc(C(=O)NCc3c(C)cc(C)[nH]c3=O)c(C)c3c2OC(C)(C)C3)cn1. The number of pyridine rings is 2. The first-order valence-corrected chi connectivity index (χ1v) is 10.9. The number of hydrogen-bond donors (Lipinski definition) is 2. The molecule has 3 aromatic rings. The van der Waals surface area contributed by atoms with Crippen LogP contribution in [0.2, 0.25) is 0 Å². The Morgan fingerprint density at radius 1 is 1.24 bits per heavy atom. The molecule has 33 heavy (non-hydrogen) atoms. The summed E-state index contributed by atoms with van der Waals surface area (Å²) >= 11 is 0. The van der Waals surface area contributed by atoms with Crippen molar-refractivity contribution in [1.29, 1.82) is 0 Å². The van der Waals surface area contributed by atoms with Crippen LogP contribution in [0.3, 0.4) is 0 Å². The maximum absolute atomic E-state index is 13.3. The van der Waals surface area contributed by atoms with E-state index in [2.05, 4.69) is 15.3 Å². The Morgan fingerprint density at radius 3 is 2.64 bits per heavy atom. The lowest BCUT2D eigenvalue weighted by Crippen LogP contribution is -2.28. The summed E-state index contributed by atoms with van der Waals surface area (Å²) in [5.74, 6) is 1.06. The summed E-state index contributed by atoms with van der Waals surface area (Å²) in [6.07, 6.45) is 2.41. The zero-order chi connectivity index (χ0) is 23.9. The first-order chi connectivity index (χ1) is 15.6. The van der Waals surface area contributed by atoms with E-state index >= 15 is 0 Å². The molecule has 0 saturated carbocycles. The van der Waals surface area contributed by atoms with Crippen molar-refractivity contribution in [2.75, 3.05) is 7.11 Å². The van der Waals surface area contributed by atoms with Crippen molar-refractivity contribution < 1.29 is 14.3 Å². The van der Waals surface area contributed by atoms with Crippen LogP contribution in [0.15, 0.2) is 35.3 Å². The van der Waals surface area contributed by atoms with Gasteiger partial charge in [-0.1, -0.05) is 0 Å². The topological polar surface area (TPSA) is 93.3 Å². The van der Waals surface area contributed by atoms with Gasteiger partial charge in [0.1, 0.15) is 11.4 Å². The molecule has 172 valence electrons. The van der Waals surface area contributed by atoms with E-state index in [9.17, 15) is 9.59 Å². The number of aromatic amines is 1. The molecule has 3 heterocycles. The fourth-order valence-corrected chi connectivity index (χ4v) is 4.36. The first-order valence-electron chi connectivity index (χ1n) is 10.9. The molecule has 1 aliphatic rings. The monoisotopic (exact) mass is 447 g/mol. The van der Waals surface area contributed by atoms with Gasteiger partial charge in [-0.3, -0.25) is 9.59 Å². The highest BCUT2D eigenvalue weighted by Crippen LogP contribution is 2.45. The van der Waals surface area contributed by atoms with Crippen molar-refractivity contribution in [2.24, 2.45) is 0 Å². The van der Waals surface area contributed by atoms with Crippen LogP contribution in [0.1, 0.15) is 52.2 Å². The van der Waals surface area contributed by atoms with Gasteiger partial charge in [0.15, 0.2) is 0 Å². The van der Waals surface area contributed by atoms with E-state index < -0.39 is 0 Å². The highest BCUT2D eigenvalue weighted by molar-refractivity contribution is 5.98. The zero-order valence-corrected chi connectivity index (χ0v) is 19.9. The zero-order valence-electron chi connectivity index (χ0n) is 19.9. The smallest absolute Gasteiger partial charge is 0.253 e. The van der Waals surface area contributed by atoms with Crippen LogP contribution >= 0.6 is 0 Å². The third kappa shape index (κ3) is 4.35. The van der Waals surface area contributed by atoms with Crippen molar-refractivity contribution in [3.8, 4) is 22.8 Å². The number of rotatable bonds is 5. The molecular formula is C26H29N3O4. The lowest BCUT2D eigenvalue weighted by atomic mass is 9.91. The molecule has 0 radical (unpaired) electrons. The Morgan fingerprint density at radius 2 is 2.00 bits per heavy atom. The number of fused-ring (bicyclic) bond motifs is 1. The number of amides is 1. The number of hydrogen-bond acceptors (Lipinski definition) is 5. The van der Waals surface area contributed by atoms with E-state index in [4.69, 9.17) is 9.47 Å². The van der Waals surface area contributed by atoms with Gasteiger partial charge in [0, 0.05) is 58.7 Å². The molecule has 0 saturated heterocycles. The number of carbonyl (C=O) groups is 1. The lowest BCUT2D eigenvalue weighted by Gasteiger charge is -2.18. The van der Waals surface area contributed by atoms with Crippen LogP contribution in [0.4, 0.5) is 0 Å². The van der Waals surface area contributed by atoms with Gasteiger partial charge in [0.05, 0.1) is 7.11 Å². The van der Waals surface area contributed by atoms with Crippen LogP contribution in [-0.2, 0) is 13.0 Å². The Labute approximate surface area is 193 Å². The number of nitrogens with one attached hydrogen (secondary N) is 2. The molecule has 0 fully saturated rings. The van der Waals surface area contributed by atoms with Gasteiger partial charge in [0.2, 0.25) is 5.88 Å². The number of benzene rings is 1.